The molecule has 48 heavy (non-hydrogen) atoms. The molecular weight excluding hydrogens is 577 g/mol. The summed E-state index contributed by atoms with van der Waals surface area (Å²) in [5, 5.41) is 18.4. The van der Waals surface area contributed by atoms with Crippen LogP contribution in [0.4, 0.5) is 0 Å². The van der Waals surface area contributed by atoms with Crippen LogP contribution in [0.2, 0.25) is 0 Å². The van der Waals surface area contributed by atoms with Gasteiger partial charge in [-0.15, -0.1) is 0 Å². The zero-order valence-corrected chi connectivity index (χ0v) is 26.2. The minimum absolute atomic E-state index is 1.23. The first-order chi connectivity index (χ1) is 23.7. The van der Waals surface area contributed by atoms with E-state index in [9.17, 15) is 0 Å². The average molecular weight is 605 g/mol. The van der Waals surface area contributed by atoms with Gasteiger partial charge in [-0.25, -0.2) is 0 Å². The molecule has 0 fully saturated rings. The van der Waals surface area contributed by atoms with Gasteiger partial charge in [0.25, 0.3) is 0 Å². The lowest BCUT2D eigenvalue weighted by atomic mass is 9.90. The van der Waals surface area contributed by atoms with E-state index in [2.05, 4.69) is 170 Å². The van der Waals surface area contributed by atoms with Gasteiger partial charge >= 0.3 is 0 Å². The highest BCUT2D eigenvalue weighted by Crippen LogP contribution is 2.40. The Bertz CT molecular complexity index is 2910. The summed E-state index contributed by atoms with van der Waals surface area (Å²) >= 11 is 0. The predicted octanol–water partition coefficient (Wildman–Crippen LogP) is 13.6. The first-order valence-corrected chi connectivity index (χ1v) is 16.7. The van der Waals surface area contributed by atoms with Gasteiger partial charge in [-0.05, 0) is 145 Å². The van der Waals surface area contributed by atoms with Crippen LogP contribution < -0.4 is 0 Å². The topological polar surface area (TPSA) is 0 Å². The fraction of sp³-hybridized carbons (Fsp3) is 0. The highest BCUT2D eigenvalue weighted by atomic mass is 14.2. The van der Waals surface area contributed by atoms with Gasteiger partial charge in [-0.3, -0.25) is 0 Å². The van der Waals surface area contributed by atoms with E-state index in [-0.39, 0.29) is 0 Å². The Kier molecular flexibility index (Phi) is 5.20. The Balaban J connectivity index is 0.935. The van der Waals surface area contributed by atoms with Crippen molar-refractivity contribution in [2.75, 3.05) is 0 Å². The summed E-state index contributed by atoms with van der Waals surface area (Å²) in [6, 6.07) is 63.5. The smallest absolute Gasteiger partial charge is 0.00264 e. The van der Waals surface area contributed by atoms with Crippen LogP contribution in [0.25, 0.3) is 109 Å². The molecule has 11 aromatic carbocycles. The summed E-state index contributed by atoms with van der Waals surface area (Å²) in [7, 11) is 0. The van der Waals surface area contributed by atoms with Crippen molar-refractivity contribution in [1.29, 1.82) is 0 Å². The first-order valence-electron chi connectivity index (χ1n) is 16.7. The molecule has 0 bridgehead atoms. The lowest BCUT2D eigenvalue weighted by molar-refractivity contribution is 1.62. The van der Waals surface area contributed by atoms with Crippen molar-refractivity contribution in [2.45, 2.75) is 0 Å². The highest BCUT2D eigenvalue weighted by Gasteiger charge is 2.12. The quantitative estimate of drug-likeness (QED) is 0.176. The molecule has 220 valence electrons. The summed E-state index contributed by atoms with van der Waals surface area (Å²) in [6.07, 6.45) is 0. The largest absolute Gasteiger partial charge is 0.0610 e. The summed E-state index contributed by atoms with van der Waals surface area (Å²) in [6.45, 7) is 0. The molecule has 0 aliphatic heterocycles. The van der Waals surface area contributed by atoms with Crippen molar-refractivity contribution in [2.24, 2.45) is 0 Å². The van der Waals surface area contributed by atoms with E-state index in [0.29, 0.717) is 0 Å². The maximum atomic E-state index is 2.35. The molecule has 0 aliphatic rings. The van der Waals surface area contributed by atoms with Crippen LogP contribution in [-0.2, 0) is 0 Å². The van der Waals surface area contributed by atoms with E-state index in [0.717, 1.165) is 0 Å². The number of fused-ring (bicyclic) bond motifs is 1. The summed E-state index contributed by atoms with van der Waals surface area (Å²) < 4.78 is 0. The fourth-order valence-corrected chi connectivity index (χ4v) is 8.30. The van der Waals surface area contributed by atoms with E-state index >= 15 is 0 Å². The Morgan fingerprint density at radius 3 is 0.833 bits per heavy atom. The van der Waals surface area contributed by atoms with E-state index in [1.165, 1.54) is 109 Å². The first kappa shape index (κ1) is 25.9. The Morgan fingerprint density at radius 2 is 0.417 bits per heavy atom. The molecule has 0 spiro atoms. The molecule has 0 N–H and O–H groups in total. The lowest BCUT2D eigenvalue weighted by Gasteiger charge is -2.13. The van der Waals surface area contributed by atoms with Crippen molar-refractivity contribution >= 4 is 75.4 Å². The second-order valence-electron chi connectivity index (χ2n) is 13.4. The zero-order chi connectivity index (χ0) is 31.3. The second-order valence-corrected chi connectivity index (χ2v) is 13.4. The van der Waals surface area contributed by atoms with Crippen molar-refractivity contribution < 1.29 is 0 Å². The minimum atomic E-state index is 1.23. The standard InChI is InChI=1S/C48H28/c1-3-31-11-19-39-25-43(26-40-20-12-32(4-1)45(31)47(39)40)30-9-7-29(8-10-30)35-15-16-37-24-38(18-17-36(37)23-35)44-27-41-21-13-33-5-2-6-34-14-22-42(28-44)48(41)46(33)34/h1-28H. The van der Waals surface area contributed by atoms with E-state index in [1.807, 2.05) is 0 Å². The van der Waals surface area contributed by atoms with E-state index in [1.54, 1.807) is 0 Å². The van der Waals surface area contributed by atoms with Crippen LogP contribution in [-0.4, -0.2) is 0 Å². The zero-order valence-electron chi connectivity index (χ0n) is 26.2. The van der Waals surface area contributed by atoms with Crippen LogP contribution in [0.5, 0.6) is 0 Å². The highest BCUT2D eigenvalue weighted by molar-refractivity contribution is 6.25. The summed E-state index contributed by atoms with van der Waals surface area (Å²) in [4.78, 5) is 0. The predicted molar refractivity (Wildman–Crippen MR) is 208 cm³/mol. The molecule has 11 rings (SSSR count). The molecule has 0 aromatic heterocycles. The average Bonchev–Trinajstić information content (AvgIpc) is 3.15. The van der Waals surface area contributed by atoms with E-state index in [4.69, 9.17) is 0 Å². The molecule has 0 amide bonds. The number of hydrogen-bond donors (Lipinski definition) is 0. The van der Waals surface area contributed by atoms with Gasteiger partial charge in [0.05, 0.1) is 0 Å². The summed E-state index contributed by atoms with van der Waals surface area (Å²) in [5.41, 5.74) is 7.47. The molecule has 0 heteroatoms. The maximum Gasteiger partial charge on any atom is -0.00264 e. The minimum Gasteiger partial charge on any atom is -0.0610 e. The summed E-state index contributed by atoms with van der Waals surface area (Å²) in [5.74, 6) is 0. The molecule has 0 radical (unpaired) electrons. The number of benzene rings is 11. The van der Waals surface area contributed by atoms with Crippen LogP contribution in [0.1, 0.15) is 0 Å². The molecule has 11 aromatic rings. The number of rotatable bonds is 3. The SMILES string of the molecule is c1cc2ccc3cc(-c4ccc(-c5ccc6cc(-c7cc8ccc9cccc%10ccc(c7)c8c9%10)ccc6c5)cc4)cc4ccc(c1)c2c34. The van der Waals surface area contributed by atoms with Crippen LogP contribution >= 0.6 is 0 Å². The van der Waals surface area contributed by atoms with Gasteiger partial charge in [0.1, 0.15) is 0 Å². The molecule has 0 aliphatic carbocycles. The van der Waals surface area contributed by atoms with Crippen LogP contribution in [0.3, 0.4) is 0 Å². The van der Waals surface area contributed by atoms with Gasteiger partial charge in [0.15, 0.2) is 0 Å². The van der Waals surface area contributed by atoms with Crippen molar-refractivity contribution in [3.63, 3.8) is 0 Å². The van der Waals surface area contributed by atoms with Crippen molar-refractivity contribution in [1.82, 2.24) is 0 Å². The normalized spacial score (nSPS) is 12.2. The van der Waals surface area contributed by atoms with Gasteiger partial charge in [0.2, 0.25) is 0 Å². The van der Waals surface area contributed by atoms with Gasteiger partial charge in [-0.1, -0.05) is 133 Å². The van der Waals surface area contributed by atoms with Crippen LogP contribution in [0, 0.1) is 0 Å². The Hall–Kier alpha value is -6.24. The van der Waals surface area contributed by atoms with Gasteiger partial charge < -0.3 is 0 Å². The third-order valence-corrected chi connectivity index (χ3v) is 10.7. The maximum absolute atomic E-state index is 2.35. The second kappa shape index (κ2) is 9.64. The molecule has 0 nitrogen and oxygen atoms in total. The molecule has 0 atom stereocenters. The van der Waals surface area contributed by atoms with E-state index < -0.39 is 0 Å². The van der Waals surface area contributed by atoms with Crippen LogP contribution in [0.15, 0.2) is 170 Å². The van der Waals surface area contributed by atoms with Crippen molar-refractivity contribution in [3.05, 3.63) is 170 Å². The fourth-order valence-electron chi connectivity index (χ4n) is 8.30. The molecule has 0 unspecified atom stereocenters. The molecule has 0 heterocycles. The Morgan fingerprint density at radius 1 is 0.167 bits per heavy atom. The third-order valence-electron chi connectivity index (χ3n) is 10.7. The number of hydrogen-bond acceptors (Lipinski definition) is 0. The Labute approximate surface area is 277 Å². The van der Waals surface area contributed by atoms with Gasteiger partial charge in [-0.2, -0.15) is 0 Å². The molecular formula is C48H28. The third kappa shape index (κ3) is 3.78. The van der Waals surface area contributed by atoms with Crippen molar-refractivity contribution in [3.8, 4) is 33.4 Å². The lowest BCUT2D eigenvalue weighted by Crippen LogP contribution is -1.87. The monoisotopic (exact) mass is 604 g/mol. The molecule has 0 saturated carbocycles. The molecule has 0 saturated heterocycles. The van der Waals surface area contributed by atoms with Gasteiger partial charge in [0, 0.05) is 0 Å².